The Bertz CT molecular complexity index is 956. The second-order valence-electron chi connectivity index (χ2n) is 6.72. The van der Waals surface area contributed by atoms with Gasteiger partial charge in [0, 0.05) is 44.0 Å². The molecule has 28 heavy (non-hydrogen) atoms. The zero-order valence-electron chi connectivity index (χ0n) is 15.6. The Kier molecular flexibility index (Phi) is 5.06. The van der Waals surface area contributed by atoms with E-state index in [2.05, 4.69) is 37.2 Å². The number of hydrogen-bond acceptors (Lipinski definition) is 5. The van der Waals surface area contributed by atoms with Crippen LogP contribution in [0.5, 0.6) is 0 Å². The van der Waals surface area contributed by atoms with E-state index in [1.165, 1.54) is 17.8 Å². The second-order valence-corrected chi connectivity index (χ2v) is 6.72. The van der Waals surface area contributed by atoms with Crippen LogP contribution in [0.2, 0.25) is 0 Å². The number of rotatable bonds is 4. The van der Waals surface area contributed by atoms with Gasteiger partial charge in [-0.1, -0.05) is 18.2 Å². The van der Waals surface area contributed by atoms with E-state index >= 15 is 0 Å². The van der Waals surface area contributed by atoms with E-state index in [0.29, 0.717) is 11.6 Å². The first-order valence-electron chi connectivity index (χ1n) is 9.21. The highest BCUT2D eigenvalue weighted by atomic mass is 19.1. The predicted molar refractivity (Wildman–Crippen MR) is 107 cm³/mol. The van der Waals surface area contributed by atoms with Crippen LogP contribution in [0.15, 0.2) is 54.6 Å². The van der Waals surface area contributed by atoms with E-state index in [-0.39, 0.29) is 5.69 Å². The topological polar surface area (TPSA) is 44.3 Å². The van der Waals surface area contributed by atoms with E-state index in [1.54, 1.807) is 13.0 Å². The number of piperazine rings is 1. The highest BCUT2D eigenvalue weighted by molar-refractivity contribution is 5.60. The summed E-state index contributed by atoms with van der Waals surface area (Å²) >= 11 is 0. The summed E-state index contributed by atoms with van der Waals surface area (Å²) in [4.78, 5) is 13.4. The van der Waals surface area contributed by atoms with Gasteiger partial charge < -0.3 is 15.1 Å². The lowest BCUT2D eigenvalue weighted by atomic mass is 10.2. The van der Waals surface area contributed by atoms with Crippen molar-refractivity contribution in [1.29, 1.82) is 0 Å². The van der Waals surface area contributed by atoms with Crippen molar-refractivity contribution in [3.8, 4) is 0 Å². The van der Waals surface area contributed by atoms with Crippen LogP contribution in [0.25, 0.3) is 0 Å². The Morgan fingerprint density at radius 3 is 2.29 bits per heavy atom. The molecule has 0 saturated carbocycles. The summed E-state index contributed by atoms with van der Waals surface area (Å²) in [5.74, 6) is 0.602. The summed E-state index contributed by atoms with van der Waals surface area (Å²) in [7, 11) is 0. The predicted octanol–water partition coefficient (Wildman–Crippen LogP) is 4.13. The summed E-state index contributed by atoms with van der Waals surface area (Å²) in [6, 6.07) is 15.6. The summed E-state index contributed by atoms with van der Waals surface area (Å²) in [6.45, 7) is 5.24. The van der Waals surface area contributed by atoms with Crippen LogP contribution in [0.4, 0.5) is 31.8 Å². The lowest BCUT2D eigenvalue weighted by Gasteiger charge is -2.36. The fourth-order valence-corrected chi connectivity index (χ4v) is 3.34. The number of halogens is 2. The van der Waals surface area contributed by atoms with E-state index in [4.69, 9.17) is 0 Å². The van der Waals surface area contributed by atoms with Crippen molar-refractivity contribution < 1.29 is 8.78 Å². The molecule has 1 aromatic heterocycles. The number of hydrogen-bond donors (Lipinski definition) is 1. The monoisotopic (exact) mass is 381 g/mol. The minimum absolute atomic E-state index is 0.180. The number of nitrogens with one attached hydrogen (secondary N) is 1. The van der Waals surface area contributed by atoms with Gasteiger partial charge in [0.15, 0.2) is 0 Å². The summed E-state index contributed by atoms with van der Waals surface area (Å²) in [6.07, 6.45) is 0. The van der Waals surface area contributed by atoms with Gasteiger partial charge in [0.25, 0.3) is 0 Å². The van der Waals surface area contributed by atoms with Crippen molar-refractivity contribution >= 4 is 23.0 Å². The molecule has 1 fully saturated rings. The number of aromatic nitrogens is 2. The standard InChI is InChI=1S/C21H21F2N5/c1-15-24-20(26-19-8-7-16(22)13-18(19)23)14-21(25-15)28-11-9-27(10-12-28)17-5-3-2-4-6-17/h2-8,13-14H,9-12H2,1H3,(H,24,25,26). The van der Waals surface area contributed by atoms with E-state index in [9.17, 15) is 8.78 Å². The van der Waals surface area contributed by atoms with E-state index in [0.717, 1.165) is 38.1 Å². The van der Waals surface area contributed by atoms with Crippen LogP contribution in [0.1, 0.15) is 5.82 Å². The molecule has 0 unspecified atom stereocenters. The number of para-hydroxylation sites is 1. The van der Waals surface area contributed by atoms with Gasteiger partial charge in [0.2, 0.25) is 0 Å². The molecular weight excluding hydrogens is 360 g/mol. The molecule has 3 aromatic rings. The fraction of sp³-hybridized carbons (Fsp3) is 0.238. The minimum Gasteiger partial charge on any atom is -0.368 e. The highest BCUT2D eigenvalue weighted by Crippen LogP contribution is 2.24. The summed E-state index contributed by atoms with van der Waals surface area (Å²) in [5.41, 5.74) is 1.40. The van der Waals surface area contributed by atoms with E-state index < -0.39 is 11.6 Å². The molecule has 0 bridgehead atoms. The molecule has 0 aliphatic carbocycles. The van der Waals surface area contributed by atoms with Crippen molar-refractivity contribution in [3.63, 3.8) is 0 Å². The van der Waals surface area contributed by atoms with Gasteiger partial charge in [0.1, 0.15) is 29.1 Å². The largest absolute Gasteiger partial charge is 0.368 e. The van der Waals surface area contributed by atoms with Gasteiger partial charge in [0.05, 0.1) is 5.69 Å². The Hall–Kier alpha value is -3.22. The van der Waals surface area contributed by atoms with Gasteiger partial charge in [-0.05, 0) is 31.2 Å². The molecule has 0 amide bonds. The first-order chi connectivity index (χ1) is 13.6. The molecule has 1 aliphatic heterocycles. The zero-order valence-corrected chi connectivity index (χ0v) is 15.6. The number of benzene rings is 2. The van der Waals surface area contributed by atoms with Gasteiger partial charge >= 0.3 is 0 Å². The molecule has 0 atom stereocenters. The van der Waals surface area contributed by atoms with Crippen molar-refractivity contribution in [2.45, 2.75) is 6.92 Å². The third-order valence-electron chi connectivity index (χ3n) is 4.74. The second kappa shape index (κ2) is 7.80. The molecular formula is C21H21F2N5. The first kappa shape index (κ1) is 18.2. The molecule has 1 aliphatic rings. The van der Waals surface area contributed by atoms with Gasteiger partial charge in [-0.25, -0.2) is 18.7 Å². The Morgan fingerprint density at radius 1 is 0.857 bits per heavy atom. The van der Waals surface area contributed by atoms with Crippen molar-refractivity contribution in [1.82, 2.24) is 9.97 Å². The number of anilines is 4. The molecule has 5 nitrogen and oxygen atoms in total. The SMILES string of the molecule is Cc1nc(Nc2ccc(F)cc2F)cc(N2CCN(c3ccccc3)CC2)n1. The zero-order chi connectivity index (χ0) is 19.5. The maximum Gasteiger partial charge on any atom is 0.149 e. The van der Waals surface area contributed by atoms with Crippen LogP contribution in [-0.2, 0) is 0 Å². The minimum atomic E-state index is -0.658. The van der Waals surface area contributed by atoms with Crippen molar-refractivity contribution in [2.24, 2.45) is 0 Å². The van der Waals surface area contributed by atoms with Crippen LogP contribution in [0, 0.1) is 18.6 Å². The van der Waals surface area contributed by atoms with Crippen LogP contribution < -0.4 is 15.1 Å². The van der Waals surface area contributed by atoms with Gasteiger partial charge in [-0.2, -0.15) is 0 Å². The van der Waals surface area contributed by atoms with Crippen LogP contribution in [-0.4, -0.2) is 36.1 Å². The van der Waals surface area contributed by atoms with Gasteiger partial charge in [-0.3, -0.25) is 0 Å². The molecule has 2 heterocycles. The first-order valence-corrected chi connectivity index (χ1v) is 9.21. The molecule has 7 heteroatoms. The van der Waals surface area contributed by atoms with E-state index in [1.807, 2.05) is 18.2 Å². The third kappa shape index (κ3) is 4.03. The number of aryl methyl sites for hydroxylation is 1. The molecule has 0 radical (unpaired) electrons. The molecule has 4 rings (SSSR count). The number of nitrogens with zero attached hydrogens (tertiary/aromatic N) is 4. The van der Waals surface area contributed by atoms with Crippen molar-refractivity contribution in [2.75, 3.05) is 41.3 Å². The molecule has 1 saturated heterocycles. The van der Waals surface area contributed by atoms with Gasteiger partial charge in [-0.15, -0.1) is 0 Å². The third-order valence-corrected chi connectivity index (χ3v) is 4.74. The maximum absolute atomic E-state index is 13.9. The highest BCUT2D eigenvalue weighted by Gasteiger charge is 2.19. The Morgan fingerprint density at radius 2 is 1.57 bits per heavy atom. The Labute approximate surface area is 162 Å². The Balaban J connectivity index is 1.48. The van der Waals surface area contributed by atoms with Crippen molar-refractivity contribution in [3.05, 3.63) is 72.1 Å². The average Bonchev–Trinajstić information content (AvgIpc) is 2.70. The maximum atomic E-state index is 13.9. The fourth-order valence-electron chi connectivity index (χ4n) is 3.34. The molecule has 1 N–H and O–H groups in total. The molecule has 0 spiro atoms. The molecule has 2 aromatic carbocycles. The quantitative estimate of drug-likeness (QED) is 0.736. The normalized spacial score (nSPS) is 14.2. The average molecular weight is 381 g/mol. The van der Waals surface area contributed by atoms with Crippen LogP contribution in [0.3, 0.4) is 0 Å². The lowest BCUT2D eigenvalue weighted by Crippen LogP contribution is -2.46. The summed E-state index contributed by atoms with van der Waals surface area (Å²) in [5, 5.41) is 2.92. The lowest BCUT2D eigenvalue weighted by molar-refractivity contribution is 0.586. The smallest absolute Gasteiger partial charge is 0.149 e. The molecule has 144 valence electrons. The van der Waals surface area contributed by atoms with Crippen LogP contribution >= 0.6 is 0 Å². The summed E-state index contributed by atoms with van der Waals surface area (Å²) < 4.78 is 27.0.